The van der Waals surface area contributed by atoms with E-state index in [1.165, 1.54) is 30.7 Å². The first kappa shape index (κ1) is 12.0. The molecule has 2 heterocycles. The Hall–Kier alpha value is -0.450. The Morgan fingerprint density at radius 3 is 3.06 bits per heavy atom. The summed E-state index contributed by atoms with van der Waals surface area (Å²) in [5, 5.41) is 8.35. The van der Waals surface area contributed by atoms with Gasteiger partial charge in [0, 0.05) is 29.7 Å². The molecule has 1 aromatic rings. The number of nitrogens with one attached hydrogen (secondary N) is 2. The smallest absolute Gasteiger partial charge is 0.0897 e. The fourth-order valence-corrected chi connectivity index (χ4v) is 3.12. The number of nitrogens with zero attached hydrogens (tertiary/aromatic N) is 1. The van der Waals surface area contributed by atoms with E-state index in [9.17, 15) is 0 Å². The van der Waals surface area contributed by atoms with Crippen molar-refractivity contribution < 1.29 is 0 Å². The lowest BCUT2D eigenvalue weighted by Crippen LogP contribution is -2.47. The maximum atomic E-state index is 4.27. The van der Waals surface area contributed by atoms with E-state index >= 15 is 0 Å². The Balaban J connectivity index is 1.78. The van der Waals surface area contributed by atoms with E-state index < -0.39 is 0 Å². The standard InChI is InChI=1S/C12H21N3S/c1-3-12(5-4-6-15-12)9-13-7-11-8-14-10(2)16-11/h8,13,15H,3-7,9H2,1-2H3. The van der Waals surface area contributed by atoms with Crippen LogP contribution < -0.4 is 10.6 Å². The van der Waals surface area contributed by atoms with Gasteiger partial charge in [0.05, 0.1) is 5.01 Å². The molecular weight excluding hydrogens is 218 g/mol. The van der Waals surface area contributed by atoms with Gasteiger partial charge in [-0.25, -0.2) is 4.98 Å². The van der Waals surface area contributed by atoms with E-state index in [-0.39, 0.29) is 0 Å². The minimum Gasteiger partial charge on any atom is -0.310 e. The van der Waals surface area contributed by atoms with Crippen molar-refractivity contribution >= 4 is 11.3 Å². The Morgan fingerprint density at radius 1 is 1.62 bits per heavy atom. The van der Waals surface area contributed by atoms with Gasteiger partial charge in [-0.15, -0.1) is 11.3 Å². The fourth-order valence-electron chi connectivity index (χ4n) is 2.36. The molecular formula is C12H21N3S. The van der Waals surface area contributed by atoms with Crippen LogP contribution in [0.5, 0.6) is 0 Å². The third-order valence-corrected chi connectivity index (χ3v) is 4.35. The molecule has 16 heavy (non-hydrogen) atoms. The van der Waals surface area contributed by atoms with E-state index in [1.54, 1.807) is 11.3 Å². The summed E-state index contributed by atoms with van der Waals surface area (Å²) in [7, 11) is 0. The predicted octanol–water partition coefficient (Wildman–Crippen LogP) is 2.07. The zero-order valence-corrected chi connectivity index (χ0v) is 11.0. The summed E-state index contributed by atoms with van der Waals surface area (Å²) in [5.74, 6) is 0. The van der Waals surface area contributed by atoms with Crippen LogP contribution >= 0.6 is 11.3 Å². The molecule has 0 saturated carbocycles. The van der Waals surface area contributed by atoms with Crippen LogP contribution in [0.1, 0.15) is 36.1 Å². The average Bonchev–Trinajstić information content (AvgIpc) is 2.89. The van der Waals surface area contributed by atoms with Crippen LogP contribution in [0.3, 0.4) is 0 Å². The number of hydrogen-bond acceptors (Lipinski definition) is 4. The van der Waals surface area contributed by atoms with Gasteiger partial charge in [-0.2, -0.15) is 0 Å². The van der Waals surface area contributed by atoms with Crippen LogP contribution in [0.4, 0.5) is 0 Å². The van der Waals surface area contributed by atoms with Gasteiger partial charge in [0.25, 0.3) is 0 Å². The van der Waals surface area contributed by atoms with E-state index in [1.807, 2.05) is 6.20 Å². The quantitative estimate of drug-likeness (QED) is 0.826. The highest BCUT2D eigenvalue weighted by atomic mass is 32.1. The molecule has 0 bridgehead atoms. The molecule has 1 aliphatic heterocycles. The Kier molecular flexibility index (Phi) is 3.95. The average molecular weight is 239 g/mol. The SMILES string of the molecule is CCC1(CNCc2cnc(C)s2)CCCN1. The lowest BCUT2D eigenvalue weighted by Gasteiger charge is -2.28. The van der Waals surface area contributed by atoms with Crippen molar-refractivity contribution in [3.63, 3.8) is 0 Å². The van der Waals surface area contributed by atoms with Crippen molar-refractivity contribution in [2.45, 2.75) is 45.2 Å². The minimum atomic E-state index is 0.347. The summed E-state index contributed by atoms with van der Waals surface area (Å²) >= 11 is 1.78. The first-order valence-corrected chi connectivity index (χ1v) is 6.93. The molecule has 3 nitrogen and oxygen atoms in total. The highest BCUT2D eigenvalue weighted by Crippen LogP contribution is 2.22. The highest BCUT2D eigenvalue weighted by molar-refractivity contribution is 7.11. The molecule has 1 unspecified atom stereocenters. The second-order valence-corrected chi connectivity index (χ2v) is 5.93. The van der Waals surface area contributed by atoms with Crippen LogP contribution in [-0.2, 0) is 6.54 Å². The van der Waals surface area contributed by atoms with Crippen molar-refractivity contribution in [2.24, 2.45) is 0 Å². The van der Waals surface area contributed by atoms with Crippen molar-refractivity contribution in [2.75, 3.05) is 13.1 Å². The second kappa shape index (κ2) is 5.25. The summed E-state index contributed by atoms with van der Waals surface area (Å²) < 4.78 is 0. The van der Waals surface area contributed by atoms with Gasteiger partial charge >= 0.3 is 0 Å². The Labute approximate surface area is 102 Å². The third-order valence-electron chi connectivity index (χ3n) is 3.44. The summed E-state index contributed by atoms with van der Waals surface area (Å²) in [5.41, 5.74) is 0.347. The second-order valence-electron chi connectivity index (χ2n) is 4.61. The van der Waals surface area contributed by atoms with E-state index in [4.69, 9.17) is 0 Å². The molecule has 2 N–H and O–H groups in total. The summed E-state index contributed by atoms with van der Waals surface area (Å²) in [4.78, 5) is 5.60. The van der Waals surface area contributed by atoms with Gasteiger partial charge in [-0.3, -0.25) is 0 Å². The Morgan fingerprint density at radius 2 is 2.50 bits per heavy atom. The zero-order valence-electron chi connectivity index (χ0n) is 10.2. The number of rotatable bonds is 5. The van der Waals surface area contributed by atoms with E-state index in [2.05, 4.69) is 29.5 Å². The van der Waals surface area contributed by atoms with Crippen molar-refractivity contribution in [1.29, 1.82) is 0 Å². The van der Waals surface area contributed by atoms with Gasteiger partial charge < -0.3 is 10.6 Å². The molecule has 0 amide bonds. The van der Waals surface area contributed by atoms with Gasteiger partial charge in [0.2, 0.25) is 0 Å². The molecule has 1 aliphatic rings. The molecule has 0 aromatic carbocycles. The van der Waals surface area contributed by atoms with Gasteiger partial charge in [-0.05, 0) is 32.7 Å². The van der Waals surface area contributed by atoms with Crippen molar-refractivity contribution in [3.8, 4) is 0 Å². The number of thiazole rings is 1. The summed E-state index contributed by atoms with van der Waals surface area (Å²) in [6, 6.07) is 0. The Bertz CT molecular complexity index is 329. The van der Waals surface area contributed by atoms with Crippen molar-refractivity contribution in [1.82, 2.24) is 15.6 Å². The highest BCUT2D eigenvalue weighted by Gasteiger charge is 2.30. The molecule has 1 fully saturated rings. The topological polar surface area (TPSA) is 37.0 Å². The van der Waals surface area contributed by atoms with Crippen LogP contribution in [0, 0.1) is 6.92 Å². The number of aryl methyl sites for hydroxylation is 1. The maximum absolute atomic E-state index is 4.27. The van der Waals surface area contributed by atoms with Gasteiger partial charge in [0.15, 0.2) is 0 Å². The molecule has 90 valence electrons. The first-order chi connectivity index (χ1) is 7.74. The van der Waals surface area contributed by atoms with Crippen LogP contribution in [0.15, 0.2) is 6.20 Å². The summed E-state index contributed by atoms with van der Waals surface area (Å²) in [6.07, 6.45) is 5.81. The maximum Gasteiger partial charge on any atom is 0.0897 e. The molecule has 1 atom stereocenters. The normalized spacial score (nSPS) is 25.1. The number of aromatic nitrogens is 1. The molecule has 0 radical (unpaired) electrons. The zero-order chi connectivity index (χ0) is 11.4. The van der Waals surface area contributed by atoms with Gasteiger partial charge in [-0.1, -0.05) is 6.92 Å². The van der Waals surface area contributed by atoms with Crippen molar-refractivity contribution in [3.05, 3.63) is 16.1 Å². The molecule has 0 spiro atoms. The summed E-state index contributed by atoms with van der Waals surface area (Å²) in [6.45, 7) is 7.53. The fraction of sp³-hybridized carbons (Fsp3) is 0.750. The molecule has 4 heteroatoms. The number of hydrogen-bond donors (Lipinski definition) is 2. The van der Waals surface area contributed by atoms with Crippen LogP contribution in [-0.4, -0.2) is 23.6 Å². The first-order valence-electron chi connectivity index (χ1n) is 6.11. The van der Waals surface area contributed by atoms with Crippen LogP contribution in [0.25, 0.3) is 0 Å². The molecule has 1 aromatic heterocycles. The molecule has 2 rings (SSSR count). The van der Waals surface area contributed by atoms with Gasteiger partial charge in [0.1, 0.15) is 0 Å². The molecule has 1 saturated heterocycles. The van der Waals surface area contributed by atoms with E-state index in [0.29, 0.717) is 5.54 Å². The van der Waals surface area contributed by atoms with E-state index in [0.717, 1.165) is 18.1 Å². The lowest BCUT2D eigenvalue weighted by atomic mass is 9.94. The predicted molar refractivity (Wildman–Crippen MR) is 68.8 cm³/mol. The largest absolute Gasteiger partial charge is 0.310 e. The monoisotopic (exact) mass is 239 g/mol. The minimum absolute atomic E-state index is 0.347. The molecule has 0 aliphatic carbocycles. The lowest BCUT2D eigenvalue weighted by molar-refractivity contribution is 0.340. The van der Waals surface area contributed by atoms with Crippen LogP contribution in [0.2, 0.25) is 0 Å². The third kappa shape index (κ3) is 2.81.